The molecule has 1 rings (SSSR count). The van der Waals surface area contributed by atoms with Crippen LogP contribution < -0.4 is 5.32 Å². The molecule has 0 heterocycles. The molecule has 4 heteroatoms. The Bertz CT molecular complexity index is 412. The second kappa shape index (κ2) is 8.29. The predicted octanol–water partition coefficient (Wildman–Crippen LogP) is 3.22. The maximum atomic E-state index is 11.6. The van der Waals surface area contributed by atoms with Crippen LogP contribution in [0.25, 0.3) is 0 Å². The summed E-state index contributed by atoms with van der Waals surface area (Å²) in [6.45, 7) is 2.14. The summed E-state index contributed by atoms with van der Waals surface area (Å²) in [5.41, 5.74) is 1.45. The lowest BCUT2D eigenvalue weighted by Gasteiger charge is -2.06. The van der Waals surface area contributed by atoms with Gasteiger partial charge in [-0.25, -0.2) is 0 Å². The third-order valence-corrected chi connectivity index (χ3v) is 2.85. The van der Waals surface area contributed by atoms with Gasteiger partial charge in [-0.05, 0) is 24.1 Å². The van der Waals surface area contributed by atoms with Crippen molar-refractivity contribution in [3.8, 4) is 0 Å². The van der Waals surface area contributed by atoms with E-state index >= 15 is 0 Å². The molecule has 1 amide bonds. The molecule has 0 aliphatic heterocycles. The largest absolute Gasteiger partial charge is 0.481 e. The normalized spacial score (nSPS) is 10.2. The van der Waals surface area contributed by atoms with Gasteiger partial charge in [-0.1, -0.05) is 38.3 Å². The predicted molar refractivity (Wildman–Crippen MR) is 75.2 cm³/mol. The van der Waals surface area contributed by atoms with Crippen LogP contribution in [0, 0.1) is 0 Å². The van der Waals surface area contributed by atoms with Gasteiger partial charge < -0.3 is 10.4 Å². The Morgan fingerprint density at radius 2 is 1.79 bits per heavy atom. The molecule has 0 saturated heterocycles. The van der Waals surface area contributed by atoms with Crippen molar-refractivity contribution in [1.82, 2.24) is 0 Å². The van der Waals surface area contributed by atoms with Gasteiger partial charge in [-0.15, -0.1) is 0 Å². The van der Waals surface area contributed by atoms with E-state index in [1.807, 2.05) is 0 Å². The third-order valence-electron chi connectivity index (χ3n) is 2.85. The van der Waals surface area contributed by atoms with Crippen molar-refractivity contribution in [2.75, 3.05) is 5.32 Å². The third kappa shape index (κ3) is 6.60. The van der Waals surface area contributed by atoms with Crippen LogP contribution in [0.5, 0.6) is 0 Å². The van der Waals surface area contributed by atoms with Crippen molar-refractivity contribution in [1.29, 1.82) is 0 Å². The zero-order chi connectivity index (χ0) is 14.1. The lowest BCUT2D eigenvalue weighted by Crippen LogP contribution is -2.11. The topological polar surface area (TPSA) is 66.4 Å². The molecule has 104 valence electrons. The van der Waals surface area contributed by atoms with Gasteiger partial charge in [0.1, 0.15) is 0 Å². The Morgan fingerprint density at radius 1 is 1.11 bits per heavy atom. The fraction of sp³-hybridized carbons (Fsp3) is 0.467. The number of rotatable bonds is 8. The summed E-state index contributed by atoms with van der Waals surface area (Å²) in [6, 6.07) is 6.92. The van der Waals surface area contributed by atoms with E-state index in [9.17, 15) is 9.59 Å². The number of carbonyl (C=O) groups excluding carboxylic acids is 1. The minimum atomic E-state index is -0.854. The quantitative estimate of drug-likeness (QED) is 0.708. The van der Waals surface area contributed by atoms with Crippen molar-refractivity contribution < 1.29 is 14.7 Å². The monoisotopic (exact) mass is 263 g/mol. The molecular weight excluding hydrogens is 242 g/mol. The molecule has 0 aliphatic carbocycles. The Morgan fingerprint density at radius 3 is 2.37 bits per heavy atom. The van der Waals surface area contributed by atoms with Gasteiger partial charge in [0, 0.05) is 12.1 Å². The van der Waals surface area contributed by atoms with Crippen molar-refractivity contribution in [3.05, 3.63) is 29.8 Å². The van der Waals surface area contributed by atoms with E-state index in [4.69, 9.17) is 5.11 Å². The van der Waals surface area contributed by atoms with Crippen LogP contribution >= 0.6 is 0 Å². The van der Waals surface area contributed by atoms with E-state index < -0.39 is 5.97 Å². The second-order valence-corrected chi connectivity index (χ2v) is 4.63. The summed E-state index contributed by atoms with van der Waals surface area (Å²) in [7, 11) is 0. The molecule has 0 aromatic heterocycles. The summed E-state index contributed by atoms with van der Waals surface area (Å²) in [4.78, 5) is 22.2. The van der Waals surface area contributed by atoms with E-state index in [-0.39, 0.29) is 12.3 Å². The van der Waals surface area contributed by atoms with E-state index in [1.54, 1.807) is 24.3 Å². The molecule has 1 aromatic carbocycles. The number of nitrogens with one attached hydrogen (secondary N) is 1. The first kappa shape index (κ1) is 15.2. The molecule has 1 aromatic rings. The fourth-order valence-electron chi connectivity index (χ4n) is 1.82. The standard InChI is InChI=1S/C15H21NO3/c1-2-3-4-5-6-14(17)16-13-9-7-12(8-10-13)11-15(18)19/h7-10H,2-6,11H2,1H3,(H,16,17)(H,18,19). The van der Waals surface area contributed by atoms with Crippen LogP contribution in [-0.4, -0.2) is 17.0 Å². The lowest BCUT2D eigenvalue weighted by molar-refractivity contribution is -0.136. The number of benzene rings is 1. The Hall–Kier alpha value is -1.84. The first-order chi connectivity index (χ1) is 9.11. The Kier molecular flexibility index (Phi) is 6.64. The highest BCUT2D eigenvalue weighted by Crippen LogP contribution is 2.11. The first-order valence-corrected chi connectivity index (χ1v) is 6.72. The van der Waals surface area contributed by atoms with Crippen molar-refractivity contribution >= 4 is 17.6 Å². The fourth-order valence-corrected chi connectivity index (χ4v) is 1.82. The van der Waals surface area contributed by atoms with Gasteiger partial charge in [0.05, 0.1) is 6.42 Å². The highest BCUT2D eigenvalue weighted by Gasteiger charge is 2.03. The number of carboxylic acids is 1. The molecular formula is C15H21NO3. The van der Waals surface area contributed by atoms with Crippen LogP contribution in [0.15, 0.2) is 24.3 Å². The summed E-state index contributed by atoms with van der Waals surface area (Å²) >= 11 is 0. The SMILES string of the molecule is CCCCCCC(=O)Nc1ccc(CC(=O)O)cc1. The minimum Gasteiger partial charge on any atom is -0.481 e. The van der Waals surface area contributed by atoms with Crippen LogP contribution in [0.3, 0.4) is 0 Å². The van der Waals surface area contributed by atoms with Gasteiger partial charge >= 0.3 is 5.97 Å². The van der Waals surface area contributed by atoms with Crippen LogP contribution in [-0.2, 0) is 16.0 Å². The first-order valence-electron chi connectivity index (χ1n) is 6.72. The molecule has 0 fully saturated rings. The van der Waals surface area contributed by atoms with E-state index in [0.717, 1.165) is 36.9 Å². The smallest absolute Gasteiger partial charge is 0.307 e. The van der Waals surface area contributed by atoms with Gasteiger partial charge in [0.2, 0.25) is 5.91 Å². The molecule has 0 radical (unpaired) electrons. The van der Waals surface area contributed by atoms with Crippen LogP contribution in [0.2, 0.25) is 0 Å². The van der Waals surface area contributed by atoms with Crippen LogP contribution in [0.1, 0.15) is 44.6 Å². The van der Waals surface area contributed by atoms with Crippen molar-refractivity contribution in [3.63, 3.8) is 0 Å². The van der Waals surface area contributed by atoms with Gasteiger partial charge in [0.25, 0.3) is 0 Å². The Labute approximate surface area is 113 Å². The summed E-state index contributed by atoms with van der Waals surface area (Å²) in [6.07, 6.45) is 4.87. The molecule has 0 atom stereocenters. The number of unbranched alkanes of at least 4 members (excludes halogenated alkanes) is 3. The maximum absolute atomic E-state index is 11.6. The van der Waals surface area contributed by atoms with E-state index in [2.05, 4.69) is 12.2 Å². The molecule has 2 N–H and O–H groups in total. The molecule has 0 bridgehead atoms. The number of hydrogen-bond acceptors (Lipinski definition) is 2. The number of carbonyl (C=O) groups is 2. The summed E-state index contributed by atoms with van der Waals surface area (Å²) in [5.74, 6) is -0.838. The second-order valence-electron chi connectivity index (χ2n) is 4.63. The number of amides is 1. The maximum Gasteiger partial charge on any atom is 0.307 e. The molecule has 0 saturated carbocycles. The number of carboxylic acid groups (broad SMARTS) is 1. The highest BCUT2D eigenvalue weighted by molar-refractivity contribution is 5.90. The van der Waals surface area contributed by atoms with E-state index in [0.29, 0.717) is 6.42 Å². The molecule has 4 nitrogen and oxygen atoms in total. The average molecular weight is 263 g/mol. The zero-order valence-electron chi connectivity index (χ0n) is 11.3. The molecule has 0 unspecified atom stereocenters. The summed E-state index contributed by atoms with van der Waals surface area (Å²) < 4.78 is 0. The van der Waals surface area contributed by atoms with Crippen molar-refractivity contribution in [2.24, 2.45) is 0 Å². The number of aliphatic carboxylic acids is 1. The molecule has 19 heavy (non-hydrogen) atoms. The van der Waals surface area contributed by atoms with Crippen molar-refractivity contribution in [2.45, 2.75) is 45.4 Å². The summed E-state index contributed by atoms with van der Waals surface area (Å²) in [5, 5.41) is 11.5. The zero-order valence-corrected chi connectivity index (χ0v) is 11.3. The average Bonchev–Trinajstić information content (AvgIpc) is 2.36. The minimum absolute atomic E-state index is 0.00520. The Balaban J connectivity index is 2.36. The number of anilines is 1. The van der Waals surface area contributed by atoms with Crippen LogP contribution in [0.4, 0.5) is 5.69 Å². The lowest BCUT2D eigenvalue weighted by atomic mass is 10.1. The van der Waals surface area contributed by atoms with Gasteiger partial charge in [-0.2, -0.15) is 0 Å². The molecule has 0 aliphatic rings. The van der Waals surface area contributed by atoms with Gasteiger partial charge in [-0.3, -0.25) is 9.59 Å². The van der Waals surface area contributed by atoms with Gasteiger partial charge in [0.15, 0.2) is 0 Å². The highest BCUT2D eigenvalue weighted by atomic mass is 16.4. The van der Waals surface area contributed by atoms with E-state index in [1.165, 1.54) is 0 Å². The molecule has 0 spiro atoms. The number of hydrogen-bond donors (Lipinski definition) is 2.